The molecule has 2 aromatic carbocycles. The zero-order valence-electron chi connectivity index (χ0n) is 13.2. The topological polar surface area (TPSA) is 99.1 Å². The van der Waals surface area contributed by atoms with Crippen LogP contribution >= 0.6 is 11.8 Å². The summed E-state index contributed by atoms with van der Waals surface area (Å²) >= 11 is 1.32. The number of aromatic nitrogens is 2. The van der Waals surface area contributed by atoms with Crippen molar-refractivity contribution in [3.8, 4) is 11.5 Å². The quantitative estimate of drug-likeness (QED) is 0.281. The highest BCUT2D eigenvalue weighted by molar-refractivity contribution is 7.99. The number of carbonyl (C=O) groups excluding carboxylic acids is 1. The normalized spacial score (nSPS) is 11.9. The molecule has 1 aromatic heterocycles. The van der Waals surface area contributed by atoms with Crippen LogP contribution in [0.4, 0.5) is 5.69 Å². The number of hydrogen-bond acceptors (Lipinski definition) is 7. The van der Waals surface area contributed by atoms with Crippen molar-refractivity contribution in [2.75, 3.05) is 0 Å². The van der Waals surface area contributed by atoms with Crippen LogP contribution in [0.5, 0.6) is 0 Å². The van der Waals surface area contributed by atoms with E-state index in [9.17, 15) is 14.9 Å². The maximum atomic E-state index is 10.9. The molecular weight excluding hydrogens is 342 g/mol. The summed E-state index contributed by atoms with van der Waals surface area (Å²) < 4.78 is 5.63. The van der Waals surface area contributed by atoms with Crippen LogP contribution in [0, 0.1) is 10.1 Å². The molecule has 0 spiro atoms. The number of benzene rings is 2. The first kappa shape index (κ1) is 16.8. The minimum absolute atomic E-state index is 0.0476. The Labute approximate surface area is 147 Å². The summed E-state index contributed by atoms with van der Waals surface area (Å²) in [5.41, 5.74) is 2.13. The van der Waals surface area contributed by atoms with Gasteiger partial charge in [0.15, 0.2) is 0 Å². The van der Waals surface area contributed by atoms with Crippen molar-refractivity contribution < 1.29 is 14.1 Å². The number of carbonyl (C=O) groups is 1. The lowest BCUT2D eigenvalue weighted by molar-refractivity contribution is -0.384. The van der Waals surface area contributed by atoms with Crippen molar-refractivity contribution >= 4 is 23.7 Å². The lowest BCUT2D eigenvalue weighted by Gasteiger charge is -2.08. The predicted octanol–water partition coefficient (Wildman–Crippen LogP) is 4.31. The fraction of sp³-hybridized carbons (Fsp3) is 0.118. The second-order valence-corrected chi connectivity index (χ2v) is 6.52. The summed E-state index contributed by atoms with van der Waals surface area (Å²) in [4.78, 5) is 21.1. The predicted molar refractivity (Wildman–Crippen MR) is 92.5 cm³/mol. The van der Waals surface area contributed by atoms with E-state index in [1.807, 2.05) is 13.0 Å². The van der Waals surface area contributed by atoms with Gasteiger partial charge < -0.3 is 4.42 Å². The zero-order chi connectivity index (χ0) is 17.8. The molecule has 0 radical (unpaired) electrons. The number of non-ortho nitro benzene ring substituents is 1. The second kappa shape index (κ2) is 7.27. The zero-order valence-corrected chi connectivity index (χ0v) is 14.0. The molecule has 0 N–H and O–H groups in total. The molecule has 0 aliphatic heterocycles. The lowest BCUT2D eigenvalue weighted by atomic mass is 10.1. The van der Waals surface area contributed by atoms with Gasteiger partial charge in [-0.25, -0.2) is 0 Å². The molecule has 7 nitrogen and oxygen atoms in total. The molecule has 0 aliphatic carbocycles. The lowest BCUT2D eigenvalue weighted by Crippen LogP contribution is -1.92. The molecule has 3 aromatic rings. The molecule has 25 heavy (non-hydrogen) atoms. The van der Waals surface area contributed by atoms with Gasteiger partial charge in [0.2, 0.25) is 5.89 Å². The molecule has 0 saturated carbocycles. The minimum Gasteiger partial charge on any atom is -0.411 e. The average Bonchev–Trinajstić information content (AvgIpc) is 3.10. The van der Waals surface area contributed by atoms with E-state index in [4.69, 9.17) is 4.42 Å². The van der Waals surface area contributed by atoms with Gasteiger partial charge >= 0.3 is 0 Å². The minimum atomic E-state index is -0.422. The molecule has 0 amide bonds. The molecule has 0 fully saturated rings. The first-order valence-electron chi connectivity index (χ1n) is 7.37. The van der Waals surface area contributed by atoms with E-state index in [1.165, 1.54) is 23.9 Å². The molecule has 1 atom stereocenters. The molecular formula is C17H13N3O4S. The van der Waals surface area contributed by atoms with Gasteiger partial charge in [-0.2, -0.15) is 0 Å². The van der Waals surface area contributed by atoms with Crippen molar-refractivity contribution in [3.63, 3.8) is 0 Å². The number of nitro benzene ring substituents is 1. The van der Waals surface area contributed by atoms with E-state index in [-0.39, 0.29) is 10.9 Å². The van der Waals surface area contributed by atoms with Gasteiger partial charge in [0.05, 0.1) is 4.92 Å². The smallest absolute Gasteiger partial charge is 0.277 e. The highest BCUT2D eigenvalue weighted by atomic mass is 32.2. The van der Waals surface area contributed by atoms with Crippen LogP contribution in [0.15, 0.2) is 58.2 Å². The van der Waals surface area contributed by atoms with Gasteiger partial charge in [-0.1, -0.05) is 36.0 Å². The van der Waals surface area contributed by atoms with Gasteiger partial charge in [-0.15, -0.1) is 10.2 Å². The number of rotatable bonds is 6. The molecule has 8 heteroatoms. The molecule has 1 heterocycles. The molecule has 126 valence electrons. The Morgan fingerprint density at radius 1 is 1.20 bits per heavy atom. The SMILES string of the molecule is CC(Sc1nnc(-c2ccc(C=O)cc2)o1)c1cccc([N+](=O)[O-])c1. The van der Waals surface area contributed by atoms with E-state index in [0.29, 0.717) is 22.2 Å². The number of nitro groups is 1. The molecule has 0 aliphatic rings. The van der Waals surface area contributed by atoms with E-state index in [2.05, 4.69) is 10.2 Å². The fourth-order valence-electron chi connectivity index (χ4n) is 2.19. The van der Waals surface area contributed by atoms with Crippen LogP contribution < -0.4 is 0 Å². The summed E-state index contributed by atoms with van der Waals surface area (Å²) in [5.74, 6) is 0.353. The van der Waals surface area contributed by atoms with E-state index in [0.717, 1.165) is 11.8 Å². The Kier molecular flexibility index (Phi) is 4.90. The molecule has 3 rings (SSSR count). The van der Waals surface area contributed by atoms with Gasteiger partial charge in [0.25, 0.3) is 10.9 Å². The first-order valence-corrected chi connectivity index (χ1v) is 8.25. The van der Waals surface area contributed by atoms with Gasteiger partial charge in [0, 0.05) is 28.5 Å². The third-order valence-corrected chi connectivity index (χ3v) is 4.52. The van der Waals surface area contributed by atoms with Crippen molar-refractivity contribution in [3.05, 3.63) is 69.8 Å². The van der Waals surface area contributed by atoms with Gasteiger partial charge in [-0.05, 0) is 24.6 Å². The maximum Gasteiger partial charge on any atom is 0.277 e. The molecule has 0 bridgehead atoms. The first-order chi connectivity index (χ1) is 12.1. The van der Waals surface area contributed by atoms with Crippen molar-refractivity contribution in [2.45, 2.75) is 17.4 Å². The average molecular weight is 355 g/mol. The van der Waals surface area contributed by atoms with Crippen LogP contribution in [0.3, 0.4) is 0 Å². The summed E-state index contributed by atoms with van der Waals surface area (Å²) in [6.07, 6.45) is 0.763. The summed E-state index contributed by atoms with van der Waals surface area (Å²) in [7, 11) is 0. The highest BCUT2D eigenvalue weighted by Gasteiger charge is 2.16. The third-order valence-electron chi connectivity index (χ3n) is 3.53. The van der Waals surface area contributed by atoms with Crippen molar-refractivity contribution in [1.82, 2.24) is 10.2 Å². The van der Waals surface area contributed by atoms with Crippen LogP contribution in [-0.2, 0) is 0 Å². The number of hydrogen-bond donors (Lipinski definition) is 0. The Balaban J connectivity index is 1.75. The van der Waals surface area contributed by atoms with Crippen LogP contribution in [0.1, 0.15) is 28.1 Å². The Hall–Kier alpha value is -3.00. The summed E-state index contributed by atoms with van der Waals surface area (Å²) in [6.45, 7) is 1.91. The second-order valence-electron chi connectivity index (χ2n) is 5.23. The van der Waals surface area contributed by atoms with E-state index < -0.39 is 4.92 Å². The van der Waals surface area contributed by atoms with E-state index in [1.54, 1.807) is 30.3 Å². The fourth-order valence-corrected chi connectivity index (χ4v) is 2.99. The Morgan fingerprint density at radius 3 is 2.64 bits per heavy atom. The van der Waals surface area contributed by atoms with Gasteiger partial charge in [-0.3, -0.25) is 14.9 Å². The largest absolute Gasteiger partial charge is 0.411 e. The number of nitrogens with zero attached hydrogens (tertiary/aromatic N) is 3. The maximum absolute atomic E-state index is 10.9. The molecule has 0 saturated heterocycles. The standard InChI is InChI=1S/C17H13N3O4S/c1-11(14-3-2-4-15(9-14)20(22)23)25-17-19-18-16(24-17)13-7-5-12(10-21)6-8-13/h2-11H,1H3. The van der Waals surface area contributed by atoms with Crippen LogP contribution in [0.25, 0.3) is 11.5 Å². The Morgan fingerprint density at radius 2 is 1.96 bits per heavy atom. The number of aldehydes is 1. The molecule has 1 unspecified atom stereocenters. The summed E-state index contributed by atoms with van der Waals surface area (Å²) in [5, 5.41) is 19.2. The highest BCUT2D eigenvalue weighted by Crippen LogP contribution is 2.36. The number of thioether (sulfide) groups is 1. The van der Waals surface area contributed by atoms with E-state index >= 15 is 0 Å². The monoisotopic (exact) mass is 355 g/mol. The summed E-state index contributed by atoms with van der Waals surface area (Å²) in [6, 6.07) is 13.3. The van der Waals surface area contributed by atoms with Crippen molar-refractivity contribution in [2.24, 2.45) is 0 Å². The third kappa shape index (κ3) is 3.92. The van der Waals surface area contributed by atoms with Crippen LogP contribution in [-0.4, -0.2) is 21.4 Å². The Bertz CT molecular complexity index is 908. The van der Waals surface area contributed by atoms with Crippen molar-refractivity contribution in [1.29, 1.82) is 0 Å². The van der Waals surface area contributed by atoms with Gasteiger partial charge in [0.1, 0.15) is 6.29 Å². The van der Waals surface area contributed by atoms with Crippen LogP contribution in [0.2, 0.25) is 0 Å².